The number of hydrogen-bond acceptors (Lipinski definition) is 3. The van der Waals surface area contributed by atoms with Crippen LogP contribution in [0.1, 0.15) is 40.5 Å². The Morgan fingerprint density at radius 1 is 1.64 bits per heavy atom. The van der Waals surface area contributed by atoms with Crippen LogP contribution in [0.15, 0.2) is 0 Å². The summed E-state index contributed by atoms with van der Waals surface area (Å²) in [5.41, 5.74) is -0.579. The molecule has 0 aromatic rings. The SMILES string of the molecule is CCC(C)(O)CNC1(C)CCOC1C. The maximum Gasteiger partial charge on any atom is 0.0741 e. The summed E-state index contributed by atoms with van der Waals surface area (Å²) in [6, 6.07) is 0. The maximum atomic E-state index is 9.88. The van der Waals surface area contributed by atoms with Gasteiger partial charge in [0.2, 0.25) is 0 Å². The molecule has 3 atom stereocenters. The van der Waals surface area contributed by atoms with Gasteiger partial charge < -0.3 is 15.2 Å². The van der Waals surface area contributed by atoms with Crippen molar-refractivity contribution in [3.05, 3.63) is 0 Å². The van der Waals surface area contributed by atoms with Crippen molar-refractivity contribution in [2.75, 3.05) is 13.2 Å². The van der Waals surface area contributed by atoms with E-state index < -0.39 is 5.60 Å². The summed E-state index contributed by atoms with van der Waals surface area (Å²) in [6.45, 7) is 9.56. The van der Waals surface area contributed by atoms with Gasteiger partial charge in [-0.15, -0.1) is 0 Å². The van der Waals surface area contributed by atoms with Crippen LogP contribution in [0, 0.1) is 0 Å². The largest absolute Gasteiger partial charge is 0.389 e. The minimum Gasteiger partial charge on any atom is -0.389 e. The van der Waals surface area contributed by atoms with Crippen molar-refractivity contribution >= 4 is 0 Å². The van der Waals surface area contributed by atoms with E-state index in [-0.39, 0.29) is 11.6 Å². The molecule has 0 radical (unpaired) electrons. The number of aliphatic hydroxyl groups is 1. The zero-order valence-corrected chi connectivity index (χ0v) is 9.76. The Bertz CT molecular complexity index is 194. The first-order valence-corrected chi connectivity index (χ1v) is 5.49. The molecule has 1 saturated heterocycles. The Labute approximate surface area is 86.8 Å². The smallest absolute Gasteiger partial charge is 0.0741 e. The molecule has 14 heavy (non-hydrogen) atoms. The minimum absolute atomic E-state index is 0.0269. The van der Waals surface area contributed by atoms with Gasteiger partial charge in [-0.2, -0.15) is 0 Å². The van der Waals surface area contributed by atoms with Gasteiger partial charge in [0.1, 0.15) is 0 Å². The van der Waals surface area contributed by atoms with Crippen LogP contribution in [-0.2, 0) is 4.74 Å². The van der Waals surface area contributed by atoms with Gasteiger partial charge in [0.25, 0.3) is 0 Å². The number of rotatable bonds is 4. The van der Waals surface area contributed by atoms with Gasteiger partial charge in [-0.25, -0.2) is 0 Å². The molecular weight excluding hydrogens is 178 g/mol. The Kier molecular flexibility index (Phi) is 3.56. The molecule has 0 amide bonds. The van der Waals surface area contributed by atoms with E-state index in [1.54, 1.807) is 0 Å². The second kappa shape index (κ2) is 4.17. The topological polar surface area (TPSA) is 41.5 Å². The molecule has 1 aliphatic rings. The van der Waals surface area contributed by atoms with E-state index in [2.05, 4.69) is 19.2 Å². The normalized spacial score (nSPS) is 37.1. The number of nitrogens with one attached hydrogen (secondary N) is 1. The molecule has 0 aliphatic carbocycles. The van der Waals surface area contributed by atoms with Crippen LogP contribution >= 0.6 is 0 Å². The van der Waals surface area contributed by atoms with Gasteiger partial charge in [0.15, 0.2) is 0 Å². The van der Waals surface area contributed by atoms with Crippen LogP contribution in [0.5, 0.6) is 0 Å². The predicted octanol–water partition coefficient (Wildman–Crippen LogP) is 1.30. The van der Waals surface area contributed by atoms with Gasteiger partial charge in [0, 0.05) is 18.7 Å². The lowest BCUT2D eigenvalue weighted by Crippen LogP contribution is -2.53. The fraction of sp³-hybridized carbons (Fsp3) is 1.00. The fourth-order valence-corrected chi connectivity index (χ4v) is 1.58. The lowest BCUT2D eigenvalue weighted by atomic mass is 9.93. The molecule has 1 fully saturated rings. The third-order valence-corrected chi connectivity index (χ3v) is 3.52. The summed E-state index contributed by atoms with van der Waals surface area (Å²) >= 11 is 0. The summed E-state index contributed by atoms with van der Waals surface area (Å²) in [4.78, 5) is 0. The van der Waals surface area contributed by atoms with Gasteiger partial charge in [-0.05, 0) is 33.6 Å². The molecule has 0 bridgehead atoms. The second-order valence-corrected chi connectivity index (χ2v) is 4.88. The summed E-state index contributed by atoms with van der Waals surface area (Å²) in [5.74, 6) is 0. The molecule has 0 spiro atoms. The van der Waals surface area contributed by atoms with E-state index in [0.29, 0.717) is 6.54 Å². The van der Waals surface area contributed by atoms with Crippen LogP contribution < -0.4 is 5.32 Å². The zero-order valence-electron chi connectivity index (χ0n) is 9.76. The van der Waals surface area contributed by atoms with Gasteiger partial charge in [-0.1, -0.05) is 6.92 Å². The van der Waals surface area contributed by atoms with E-state index in [9.17, 15) is 5.11 Å². The van der Waals surface area contributed by atoms with E-state index in [1.807, 2.05) is 13.8 Å². The highest BCUT2D eigenvalue weighted by Crippen LogP contribution is 2.25. The van der Waals surface area contributed by atoms with Crippen molar-refractivity contribution in [1.29, 1.82) is 0 Å². The molecule has 0 aromatic carbocycles. The maximum absolute atomic E-state index is 9.88. The van der Waals surface area contributed by atoms with Crippen LogP contribution in [0.4, 0.5) is 0 Å². The number of β-amino-alcohol motifs (C(OH)–C–C–N with tert-alkyl or cyclic N) is 1. The van der Waals surface area contributed by atoms with Gasteiger partial charge in [0.05, 0.1) is 11.7 Å². The molecule has 84 valence electrons. The lowest BCUT2D eigenvalue weighted by Gasteiger charge is -2.33. The van der Waals surface area contributed by atoms with E-state index in [1.165, 1.54) is 0 Å². The third kappa shape index (κ3) is 2.69. The quantitative estimate of drug-likeness (QED) is 0.720. The summed E-state index contributed by atoms with van der Waals surface area (Å²) in [7, 11) is 0. The molecule has 0 aromatic heterocycles. The van der Waals surface area contributed by atoms with E-state index in [4.69, 9.17) is 4.74 Å². The average Bonchev–Trinajstić information content (AvgIpc) is 2.45. The lowest BCUT2D eigenvalue weighted by molar-refractivity contribution is 0.0351. The van der Waals surface area contributed by atoms with Crippen molar-refractivity contribution in [2.45, 2.75) is 57.8 Å². The Balaban J connectivity index is 2.44. The molecule has 3 heteroatoms. The average molecular weight is 201 g/mol. The predicted molar refractivity (Wildman–Crippen MR) is 57.4 cm³/mol. The highest BCUT2D eigenvalue weighted by Gasteiger charge is 2.37. The van der Waals surface area contributed by atoms with Crippen LogP contribution in [0.2, 0.25) is 0 Å². The van der Waals surface area contributed by atoms with Crippen molar-refractivity contribution in [3.8, 4) is 0 Å². The fourth-order valence-electron chi connectivity index (χ4n) is 1.58. The molecule has 1 rings (SSSR count). The van der Waals surface area contributed by atoms with Gasteiger partial charge >= 0.3 is 0 Å². The van der Waals surface area contributed by atoms with Gasteiger partial charge in [-0.3, -0.25) is 0 Å². The number of hydrogen-bond donors (Lipinski definition) is 2. The third-order valence-electron chi connectivity index (χ3n) is 3.52. The minimum atomic E-state index is -0.606. The van der Waals surface area contributed by atoms with Crippen LogP contribution in [0.3, 0.4) is 0 Å². The molecule has 0 saturated carbocycles. The van der Waals surface area contributed by atoms with Crippen molar-refractivity contribution in [1.82, 2.24) is 5.32 Å². The highest BCUT2D eigenvalue weighted by atomic mass is 16.5. The standard InChI is InChI=1S/C11H23NO2/c1-5-10(3,13)8-12-11(4)6-7-14-9(11)2/h9,12-13H,5-8H2,1-4H3. The first kappa shape index (κ1) is 12.0. The molecule has 2 N–H and O–H groups in total. The van der Waals surface area contributed by atoms with Crippen LogP contribution in [0.25, 0.3) is 0 Å². The molecule has 3 nitrogen and oxygen atoms in total. The molecule has 1 aliphatic heterocycles. The molecular formula is C11H23NO2. The van der Waals surface area contributed by atoms with E-state index in [0.717, 1.165) is 19.4 Å². The van der Waals surface area contributed by atoms with Crippen molar-refractivity contribution in [2.24, 2.45) is 0 Å². The zero-order chi connectivity index (χ0) is 10.8. The first-order chi connectivity index (χ1) is 6.40. The number of ether oxygens (including phenoxy) is 1. The Morgan fingerprint density at radius 2 is 2.29 bits per heavy atom. The molecule has 1 heterocycles. The highest BCUT2D eigenvalue weighted by molar-refractivity contribution is 4.95. The van der Waals surface area contributed by atoms with Crippen LogP contribution in [-0.4, -0.2) is 35.5 Å². The molecule has 3 unspecified atom stereocenters. The monoisotopic (exact) mass is 201 g/mol. The first-order valence-electron chi connectivity index (χ1n) is 5.49. The summed E-state index contributed by atoms with van der Waals surface area (Å²) in [6.07, 6.45) is 2.02. The Morgan fingerprint density at radius 3 is 2.71 bits per heavy atom. The van der Waals surface area contributed by atoms with E-state index >= 15 is 0 Å². The van der Waals surface area contributed by atoms with Crippen molar-refractivity contribution < 1.29 is 9.84 Å². The second-order valence-electron chi connectivity index (χ2n) is 4.88. The summed E-state index contributed by atoms with van der Waals surface area (Å²) in [5, 5.41) is 13.3. The Hall–Kier alpha value is -0.120. The van der Waals surface area contributed by atoms with Crippen molar-refractivity contribution in [3.63, 3.8) is 0 Å². The summed E-state index contributed by atoms with van der Waals surface area (Å²) < 4.78 is 5.52.